The maximum absolute atomic E-state index is 5.55. The predicted octanol–water partition coefficient (Wildman–Crippen LogP) is -1.07. The standard InChI is InChI=1S/C5H12N2O/c6-5-3-7-1-2-8-4-5/h5,7H,1-4,6H2. The Bertz CT molecular complexity index is 59.4. The van der Waals surface area contributed by atoms with Crippen LogP contribution < -0.4 is 11.1 Å². The van der Waals surface area contributed by atoms with Crippen molar-refractivity contribution < 1.29 is 4.74 Å². The SMILES string of the molecule is NC1CNCCOC1. The van der Waals surface area contributed by atoms with Crippen LogP contribution in [0.15, 0.2) is 0 Å². The summed E-state index contributed by atoms with van der Waals surface area (Å²) in [5.41, 5.74) is 5.55. The lowest BCUT2D eigenvalue weighted by Gasteiger charge is -2.03. The quantitative estimate of drug-likeness (QED) is 0.424. The Morgan fingerprint density at radius 2 is 2.50 bits per heavy atom. The highest BCUT2D eigenvalue weighted by molar-refractivity contribution is 4.65. The molecule has 3 heteroatoms. The molecule has 0 aromatic rings. The van der Waals surface area contributed by atoms with Crippen molar-refractivity contribution in [1.82, 2.24) is 5.32 Å². The van der Waals surface area contributed by atoms with Crippen molar-refractivity contribution in [3.8, 4) is 0 Å². The molecule has 1 unspecified atom stereocenters. The molecule has 0 saturated carbocycles. The zero-order chi connectivity index (χ0) is 5.82. The fourth-order valence-electron chi connectivity index (χ4n) is 0.725. The number of ether oxygens (including phenoxy) is 1. The lowest BCUT2D eigenvalue weighted by molar-refractivity contribution is 0.142. The number of hydrogen-bond donors (Lipinski definition) is 2. The van der Waals surface area contributed by atoms with E-state index in [1.807, 2.05) is 0 Å². The molecular formula is C5H12N2O. The third-order valence-electron chi connectivity index (χ3n) is 1.16. The van der Waals surface area contributed by atoms with Crippen LogP contribution in [0.25, 0.3) is 0 Å². The van der Waals surface area contributed by atoms with Gasteiger partial charge in [-0.3, -0.25) is 0 Å². The van der Waals surface area contributed by atoms with Gasteiger partial charge in [-0.15, -0.1) is 0 Å². The highest BCUT2D eigenvalue weighted by Gasteiger charge is 2.04. The molecule has 1 heterocycles. The number of nitrogens with one attached hydrogen (secondary N) is 1. The normalized spacial score (nSPS) is 31.9. The molecule has 1 fully saturated rings. The highest BCUT2D eigenvalue weighted by Crippen LogP contribution is 1.84. The molecule has 0 radical (unpaired) electrons. The van der Waals surface area contributed by atoms with Crippen LogP contribution in [0.3, 0.4) is 0 Å². The summed E-state index contributed by atoms with van der Waals surface area (Å²) in [7, 11) is 0. The van der Waals surface area contributed by atoms with Gasteiger partial charge in [-0.25, -0.2) is 0 Å². The topological polar surface area (TPSA) is 47.3 Å². The first kappa shape index (κ1) is 6.01. The maximum atomic E-state index is 5.55. The van der Waals surface area contributed by atoms with Gasteiger partial charge in [0.2, 0.25) is 0 Å². The van der Waals surface area contributed by atoms with Crippen molar-refractivity contribution in [2.45, 2.75) is 6.04 Å². The maximum Gasteiger partial charge on any atom is 0.0630 e. The van der Waals surface area contributed by atoms with Gasteiger partial charge in [0.25, 0.3) is 0 Å². The van der Waals surface area contributed by atoms with Crippen LogP contribution in [-0.4, -0.2) is 32.3 Å². The molecule has 0 spiro atoms. The zero-order valence-corrected chi connectivity index (χ0v) is 4.89. The van der Waals surface area contributed by atoms with Crippen molar-refractivity contribution >= 4 is 0 Å². The van der Waals surface area contributed by atoms with Crippen LogP contribution in [0.2, 0.25) is 0 Å². The van der Waals surface area contributed by atoms with Gasteiger partial charge in [0.1, 0.15) is 0 Å². The minimum Gasteiger partial charge on any atom is -0.378 e. The first-order valence-electron chi connectivity index (χ1n) is 2.93. The van der Waals surface area contributed by atoms with Crippen molar-refractivity contribution in [2.75, 3.05) is 26.3 Å². The monoisotopic (exact) mass is 116 g/mol. The molecule has 1 rings (SSSR count). The molecule has 0 aromatic carbocycles. The predicted molar refractivity (Wildman–Crippen MR) is 31.7 cm³/mol. The van der Waals surface area contributed by atoms with Gasteiger partial charge in [-0.1, -0.05) is 0 Å². The van der Waals surface area contributed by atoms with Gasteiger partial charge in [0.15, 0.2) is 0 Å². The smallest absolute Gasteiger partial charge is 0.0630 e. The minimum atomic E-state index is 0.192. The Labute approximate surface area is 49.2 Å². The summed E-state index contributed by atoms with van der Waals surface area (Å²) in [5.74, 6) is 0. The molecule has 1 aliphatic rings. The summed E-state index contributed by atoms with van der Waals surface area (Å²) in [6.45, 7) is 3.33. The van der Waals surface area contributed by atoms with E-state index in [9.17, 15) is 0 Å². The molecule has 48 valence electrons. The molecule has 1 atom stereocenters. The Morgan fingerprint density at radius 3 is 3.38 bits per heavy atom. The molecule has 0 bridgehead atoms. The molecule has 3 nitrogen and oxygen atoms in total. The number of hydrogen-bond acceptors (Lipinski definition) is 3. The minimum absolute atomic E-state index is 0.192. The average molecular weight is 116 g/mol. The fraction of sp³-hybridized carbons (Fsp3) is 1.00. The Balaban J connectivity index is 2.17. The van der Waals surface area contributed by atoms with E-state index in [0.29, 0.717) is 6.61 Å². The van der Waals surface area contributed by atoms with Crippen LogP contribution in [0, 0.1) is 0 Å². The fourth-order valence-corrected chi connectivity index (χ4v) is 0.725. The molecule has 1 aliphatic heterocycles. The molecule has 0 aromatic heterocycles. The van der Waals surface area contributed by atoms with Gasteiger partial charge in [0, 0.05) is 19.1 Å². The van der Waals surface area contributed by atoms with E-state index in [1.54, 1.807) is 0 Å². The second-order valence-electron chi connectivity index (χ2n) is 2.04. The summed E-state index contributed by atoms with van der Waals surface area (Å²) < 4.78 is 5.12. The van der Waals surface area contributed by atoms with Gasteiger partial charge < -0.3 is 15.8 Å². The highest BCUT2D eigenvalue weighted by atomic mass is 16.5. The Kier molecular flexibility index (Phi) is 2.27. The average Bonchev–Trinajstić information content (AvgIpc) is 1.94. The van der Waals surface area contributed by atoms with Crippen LogP contribution in [0.1, 0.15) is 0 Å². The van der Waals surface area contributed by atoms with Gasteiger partial charge in [-0.2, -0.15) is 0 Å². The first-order chi connectivity index (χ1) is 3.89. The number of nitrogens with two attached hydrogens (primary N) is 1. The lowest BCUT2D eigenvalue weighted by atomic mass is 10.3. The van der Waals surface area contributed by atoms with Crippen molar-refractivity contribution in [3.63, 3.8) is 0 Å². The third kappa shape index (κ3) is 1.78. The van der Waals surface area contributed by atoms with Crippen LogP contribution in [-0.2, 0) is 4.74 Å². The molecule has 3 N–H and O–H groups in total. The summed E-state index contributed by atoms with van der Waals surface area (Å²) in [6.07, 6.45) is 0. The van der Waals surface area contributed by atoms with E-state index in [-0.39, 0.29) is 6.04 Å². The summed E-state index contributed by atoms with van der Waals surface area (Å²) in [6, 6.07) is 0.192. The Hall–Kier alpha value is -0.120. The summed E-state index contributed by atoms with van der Waals surface area (Å²) in [4.78, 5) is 0. The van der Waals surface area contributed by atoms with Gasteiger partial charge in [-0.05, 0) is 0 Å². The molecular weight excluding hydrogens is 104 g/mol. The van der Waals surface area contributed by atoms with E-state index >= 15 is 0 Å². The van der Waals surface area contributed by atoms with Gasteiger partial charge in [0.05, 0.1) is 13.2 Å². The molecule has 8 heavy (non-hydrogen) atoms. The van der Waals surface area contributed by atoms with E-state index < -0.39 is 0 Å². The van der Waals surface area contributed by atoms with Crippen molar-refractivity contribution in [2.24, 2.45) is 5.73 Å². The summed E-state index contributed by atoms with van der Waals surface area (Å²) >= 11 is 0. The second-order valence-corrected chi connectivity index (χ2v) is 2.04. The second kappa shape index (κ2) is 3.02. The largest absolute Gasteiger partial charge is 0.378 e. The van der Waals surface area contributed by atoms with Gasteiger partial charge >= 0.3 is 0 Å². The van der Waals surface area contributed by atoms with Crippen molar-refractivity contribution in [1.29, 1.82) is 0 Å². The molecule has 0 amide bonds. The van der Waals surface area contributed by atoms with Crippen LogP contribution in [0.5, 0.6) is 0 Å². The van der Waals surface area contributed by atoms with E-state index in [0.717, 1.165) is 19.7 Å². The van der Waals surface area contributed by atoms with Crippen LogP contribution >= 0.6 is 0 Å². The van der Waals surface area contributed by atoms with Crippen LogP contribution in [0.4, 0.5) is 0 Å². The summed E-state index contributed by atoms with van der Waals surface area (Å²) in [5, 5.41) is 3.15. The van der Waals surface area contributed by atoms with E-state index in [1.165, 1.54) is 0 Å². The Morgan fingerprint density at radius 1 is 1.62 bits per heavy atom. The zero-order valence-electron chi connectivity index (χ0n) is 4.89. The third-order valence-corrected chi connectivity index (χ3v) is 1.16. The van der Waals surface area contributed by atoms with E-state index in [2.05, 4.69) is 5.32 Å². The van der Waals surface area contributed by atoms with E-state index in [4.69, 9.17) is 10.5 Å². The van der Waals surface area contributed by atoms with Crippen molar-refractivity contribution in [3.05, 3.63) is 0 Å². The molecule has 0 aliphatic carbocycles. The first-order valence-corrected chi connectivity index (χ1v) is 2.93. The molecule has 1 saturated heterocycles. The lowest BCUT2D eigenvalue weighted by Crippen LogP contribution is -2.34. The number of rotatable bonds is 0.